The molecule has 1 saturated heterocycles. The summed E-state index contributed by atoms with van der Waals surface area (Å²) >= 11 is 6.22. The van der Waals surface area contributed by atoms with Gasteiger partial charge in [0, 0.05) is 62.2 Å². The van der Waals surface area contributed by atoms with E-state index in [4.69, 9.17) is 16.3 Å². The minimum Gasteiger partial charge on any atom is -0.471 e. The molecule has 0 aliphatic carbocycles. The fraction of sp³-hybridized carbons (Fsp3) is 0.458. The minimum atomic E-state index is -0.0402. The molecular formula is C24H31ClN6O2. The Morgan fingerprint density at radius 1 is 1.06 bits per heavy atom. The number of piperazine rings is 1. The fourth-order valence-corrected chi connectivity index (χ4v) is 4.18. The number of aromatic nitrogens is 4. The van der Waals surface area contributed by atoms with E-state index in [0.717, 1.165) is 53.8 Å². The lowest BCUT2D eigenvalue weighted by Gasteiger charge is -2.34. The molecule has 0 atom stereocenters. The summed E-state index contributed by atoms with van der Waals surface area (Å²) in [5.41, 5.74) is 4.71. The van der Waals surface area contributed by atoms with Crippen LogP contribution in [-0.4, -0.2) is 61.4 Å². The van der Waals surface area contributed by atoms with Crippen molar-refractivity contribution in [1.82, 2.24) is 29.4 Å². The van der Waals surface area contributed by atoms with Gasteiger partial charge in [-0.15, -0.1) is 0 Å². The van der Waals surface area contributed by atoms with E-state index in [-0.39, 0.29) is 12.6 Å². The van der Waals surface area contributed by atoms with Gasteiger partial charge in [-0.25, -0.2) is 4.68 Å². The summed E-state index contributed by atoms with van der Waals surface area (Å²) in [6.07, 6.45) is 3.89. The Kier molecular flexibility index (Phi) is 7.05. The Labute approximate surface area is 199 Å². The summed E-state index contributed by atoms with van der Waals surface area (Å²) in [5.74, 6) is 0.690. The van der Waals surface area contributed by atoms with Crippen LogP contribution in [0.25, 0.3) is 0 Å². The van der Waals surface area contributed by atoms with Gasteiger partial charge in [0.25, 0.3) is 5.91 Å². The second-order valence-electron chi connectivity index (χ2n) is 8.55. The van der Waals surface area contributed by atoms with Gasteiger partial charge in [-0.1, -0.05) is 11.6 Å². The van der Waals surface area contributed by atoms with Crippen LogP contribution < -0.4 is 4.74 Å². The molecule has 0 N–H and O–H groups in total. The Bertz CT molecular complexity index is 1110. The predicted molar refractivity (Wildman–Crippen MR) is 128 cm³/mol. The highest BCUT2D eigenvalue weighted by atomic mass is 35.5. The van der Waals surface area contributed by atoms with Crippen molar-refractivity contribution in [3.05, 3.63) is 63.7 Å². The van der Waals surface area contributed by atoms with Crippen LogP contribution in [-0.2, 0) is 19.8 Å². The lowest BCUT2D eigenvalue weighted by atomic mass is 10.1. The van der Waals surface area contributed by atoms with E-state index >= 15 is 0 Å². The van der Waals surface area contributed by atoms with Gasteiger partial charge >= 0.3 is 0 Å². The van der Waals surface area contributed by atoms with E-state index in [9.17, 15) is 4.79 Å². The molecule has 1 aromatic carbocycles. The van der Waals surface area contributed by atoms with Crippen molar-refractivity contribution in [3.8, 4) is 5.75 Å². The van der Waals surface area contributed by atoms with Crippen LogP contribution in [0.1, 0.15) is 39.8 Å². The van der Waals surface area contributed by atoms with Gasteiger partial charge in [0.05, 0.1) is 5.69 Å². The van der Waals surface area contributed by atoms with Crippen molar-refractivity contribution in [2.75, 3.05) is 26.2 Å². The summed E-state index contributed by atoms with van der Waals surface area (Å²) in [6.45, 7) is 13.1. The van der Waals surface area contributed by atoms with Gasteiger partial charge in [-0.3, -0.25) is 14.4 Å². The summed E-state index contributed by atoms with van der Waals surface area (Å²) in [4.78, 5) is 17.2. The molecule has 0 spiro atoms. The van der Waals surface area contributed by atoms with Crippen molar-refractivity contribution >= 4 is 17.5 Å². The third kappa shape index (κ3) is 5.39. The zero-order chi connectivity index (χ0) is 23.5. The molecule has 0 bridgehead atoms. The molecule has 33 heavy (non-hydrogen) atoms. The van der Waals surface area contributed by atoms with E-state index in [1.807, 2.05) is 35.6 Å². The van der Waals surface area contributed by atoms with Gasteiger partial charge in [0.2, 0.25) is 0 Å². The second kappa shape index (κ2) is 9.97. The van der Waals surface area contributed by atoms with Crippen LogP contribution in [0.3, 0.4) is 0 Å². The van der Waals surface area contributed by atoms with Crippen molar-refractivity contribution < 1.29 is 9.53 Å². The Hall–Kier alpha value is -2.84. The lowest BCUT2D eigenvalue weighted by molar-refractivity contribution is 0.0620. The van der Waals surface area contributed by atoms with Crippen LogP contribution in [0, 0.1) is 20.8 Å². The number of benzene rings is 1. The van der Waals surface area contributed by atoms with Gasteiger partial charge in [-0.2, -0.15) is 10.2 Å². The molecule has 0 radical (unpaired) electrons. The van der Waals surface area contributed by atoms with Crippen molar-refractivity contribution in [2.45, 2.75) is 47.5 Å². The number of amides is 1. The van der Waals surface area contributed by atoms with Crippen molar-refractivity contribution in [1.29, 1.82) is 0 Å². The Morgan fingerprint density at radius 2 is 1.76 bits per heavy atom. The topological polar surface area (TPSA) is 68.4 Å². The predicted octanol–water partition coefficient (Wildman–Crippen LogP) is 3.67. The molecule has 3 aromatic rings. The van der Waals surface area contributed by atoms with Gasteiger partial charge in [0.1, 0.15) is 5.75 Å². The second-order valence-corrected chi connectivity index (χ2v) is 8.93. The molecule has 1 aliphatic rings. The number of carbonyl (C=O) groups excluding carboxylic acids is 1. The van der Waals surface area contributed by atoms with E-state index in [0.29, 0.717) is 18.8 Å². The van der Waals surface area contributed by atoms with Crippen molar-refractivity contribution in [2.24, 2.45) is 0 Å². The Balaban J connectivity index is 1.29. The molecular weight excluding hydrogens is 440 g/mol. The number of halogens is 1. The first-order valence-corrected chi connectivity index (χ1v) is 11.7. The normalized spacial score (nSPS) is 14.6. The van der Waals surface area contributed by atoms with Crippen LogP contribution in [0.4, 0.5) is 0 Å². The summed E-state index contributed by atoms with van der Waals surface area (Å²) in [5, 5.41) is 9.70. The Morgan fingerprint density at radius 3 is 2.39 bits per heavy atom. The maximum absolute atomic E-state index is 12.9. The van der Waals surface area contributed by atoms with E-state index in [1.165, 1.54) is 5.56 Å². The highest BCUT2D eigenvalue weighted by Crippen LogP contribution is 2.26. The van der Waals surface area contributed by atoms with Crippen LogP contribution >= 0.6 is 11.6 Å². The molecule has 8 nitrogen and oxygen atoms in total. The standard InChI is InChI=1S/C24H31ClN6O2/c1-5-30-15-20(19(4)26-30)14-28-8-10-29(11-9-28)24(32)22-6-7-31(27-22)16-33-21-12-17(2)23(25)18(3)13-21/h6-7,12-13,15H,5,8-11,14,16H2,1-4H3. The monoisotopic (exact) mass is 470 g/mol. The molecule has 1 aliphatic heterocycles. The average Bonchev–Trinajstić information content (AvgIpc) is 3.42. The molecule has 3 heterocycles. The lowest BCUT2D eigenvalue weighted by Crippen LogP contribution is -2.48. The number of ether oxygens (including phenoxy) is 1. The zero-order valence-electron chi connectivity index (χ0n) is 19.7. The molecule has 1 fully saturated rings. The molecule has 4 rings (SSSR count). The number of hydrogen-bond acceptors (Lipinski definition) is 5. The van der Waals surface area contributed by atoms with E-state index in [2.05, 4.69) is 35.1 Å². The first-order chi connectivity index (χ1) is 15.8. The number of carbonyl (C=O) groups is 1. The summed E-state index contributed by atoms with van der Waals surface area (Å²) < 4.78 is 9.45. The highest BCUT2D eigenvalue weighted by Gasteiger charge is 2.24. The first kappa shape index (κ1) is 23.3. The van der Waals surface area contributed by atoms with Crippen molar-refractivity contribution in [3.63, 3.8) is 0 Å². The number of nitrogens with zero attached hydrogens (tertiary/aromatic N) is 6. The van der Waals surface area contributed by atoms with Crippen LogP contribution in [0.15, 0.2) is 30.6 Å². The van der Waals surface area contributed by atoms with Gasteiger partial charge in [0.15, 0.2) is 12.4 Å². The average molecular weight is 471 g/mol. The molecule has 1 amide bonds. The summed E-state index contributed by atoms with van der Waals surface area (Å²) in [7, 11) is 0. The molecule has 0 unspecified atom stereocenters. The fourth-order valence-electron chi connectivity index (χ4n) is 4.07. The van der Waals surface area contributed by atoms with Gasteiger partial charge in [-0.05, 0) is 57.0 Å². The highest BCUT2D eigenvalue weighted by molar-refractivity contribution is 6.32. The van der Waals surface area contributed by atoms with Gasteiger partial charge < -0.3 is 9.64 Å². The third-order valence-corrected chi connectivity index (χ3v) is 6.65. The molecule has 0 saturated carbocycles. The van der Waals surface area contributed by atoms with Crippen LogP contribution in [0.2, 0.25) is 5.02 Å². The quantitative estimate of drug-likeness (QED) is 0.527. The van der Waals surface area contributed by atoms with E-state index < -0.39 is 0 Å². The van der Waals surface area contributed by atoms with E-state index in [1.54, 1.807) is 16.9 Å². The maximum Gasteiger partial charge on any atom is 0.274 e. The maximum atomic E-state index is 12.9. The number of rotatable bonds is 7. The molecule has 2 aromatic heterocycles. The zero-order valence-corrected chi connectivity index (χ0v) is 20.5. The molecule has 9 heteroatoms. The largest absolute Gasteiger partial charge is 0.471 e. The third-order valence-electron chi connectivity index (χ3n) is 6.06. The molecule has 176 valence electrons. The number of aryl methyl sites for hydroxylation is 4. The first-order valence-electron chi connectivity index (χ1n) is 11.3. The number of hydrogen-bond donors (Lipinski definition) is 0. The SMILES string of the molecule is CCn1cc(CN2CCN(C(=O)c3ccn(COc4cc(C)c(Cl)c(C)c4)n3)CC2)c(C)n1. The minimum absolute atomic E-state index is 0.0402. The summed E-state index contributed by atoms with van der Waals surface area (Å²) in [6, 6.07) is 5.55. The smallest absolute Gasteiger partial charge is 0.274 e. The van der Waals surface area contributed by atoms with Crippen LogP contribution in [0.5, 0.6) is 5.75 Å².